The van der Waals surface area contributed by atoms with E-state index in [0.717, 1.165) is 35.7 Å². The molecule has 4 fully saturated rings. The fourth-order valence-electron chi connectivity index (χ4n) is 7.13. The number of hydrogen-bond acceptors (Lipinski definition) is 9. The van der Waals surface area contributed by atoms with Crippen LogP contribution in [0.15, 0.2) is 30.5 Å². The van der Waals surface area contributed by atoms with Gasteiger partial charge >= 0.3 is 6.18 Å². The van der Waals surface area contributed by atoms with E-state index in [1.807, 2.05) is 22.8 Å². The summed E-state index contributed by atoms with van der Waals surface area (Å²) < 4.78 is 78.3. The number of aromatic nitrogens is 3. The summed E-state index contributed by atoms with van der Waals surface area (Å²) in [6.07, 6.45) is -2.68. The molecule has 0 saturated carbocycles. The zero-order chi connectivity index (χ0) is 33.5. The van der Waals surface area contributed by atoms with Gasteiger partial charge in [-0.3, -0.25) is 14.7 Å². The number of halogens is 5. The zero-order valence-corrected chi connectivity index (χ0v) is 26.7. The smallest absolute Gasteiger partial charge is 0.374 e. The zero-order valence-electron chi connectivity index (χ0n) is 26.7. The summed E-state index contributed by atoms with van der Waals surface area (Å²) in [5, 5.41) is 0. The van der Waals surface area contributed by atoms with Gasteiger partial charge in [0.25, 0.3) is 6.43 Å². The molecule has 0 bridgehead atoms. The lowest BCUT2D eigenvalue weighted by Gasteiger charge is -2.50. The molecule has 0 aromatic carbocycles. The monoisotopic (exact) mass is 665 g/mol. The molecule has 1 atom stereocenters. The van der Waals surface area contributed by atoms with E-state index in [2.05, 4.69) is 21.8 Å². The van der Waals surface area contributed by atoms with Crippen LogP contribution in [0, 0.1) is 6.92 Å². The quantitative estimate of drug-likeness (QED) is 0.307. The van der Waals surface area contributed by atoms with E-state index in [1.54, 1.807) is 24.3 Å². The number of alkyl halides is 5. The summed E-state index contributed by atoms with van der Waals surface area (Å²) in [4.78, 5) is 32.4. The molecule has 10 nitrogen and oxygen atoms in total. The summed E-state index contributed by atoms with van der Waals surface area (Å²) in [5.41, 5.74) is 2.55. The maximum atomic E-state index is 14.0. The molecule has 4 saturated heterocycles. The van der Waals surface area contributed by atoms with Crippen molar-refractivity contribution in [2.24, 2.45) is 0 Å². The number of pyridine rings is 1. The predicted octanol–water partition coefficient (Wildman–Crippen LogP) is 4.00. The van der Waals surface area contributed by atoms with E-state index < -0.39 is 29.9 Å². The van der Waals surface area contributed by atoms with E-state index in [-0.39, 0.29) is 29.6 Å². The van der Waals surface area contributed by atoms with Crippen LogP contribution in [0.2, 0.25) is 0 Å². The number of carbonyl (C=O) groups is 1. The Morgan fingerprint density at radius 2 is 1.74 bits per heavy atom. The lowest BCUT2D eigenvalue weighted by atomic mass is 9.80. The standard InChI is InChI=1S/C32H40F5N7O3/c1-20-6-9-38-29(31(46-3)18-47-19-31)28(20)22-7-10-41(11-8-22)25-14-26(40-30(39-25)32(35,36)37)43-16-23(17-43)42-12-13-44(21(2)15-42)27(45)5-4-24(33)34/h4-6,9,14,21-24H,7-8,10-13,15-19H2,1-3H3/b5-4+. The largest absolute Gasteiger partial charge is 0.451 e. The number of rotatable bonds is 8. The average molecular weight is 666 g/mol. The first-order chi connectivity index (χ1) is 22.4. The van der Waals surface area contributed by atoms with E-state index in [4.69, 9.17) is 14.5 Å². The number of anilines is 2. The van der Waals surface area contributed by atoms with Crippen LogP contribution in [0.25, 0.3) is 0 Å². The number of allylic oxidation sites excluding steroid dienone is 1. The number of nitrogens with zero attached hydrogens (tertiary/aromatic N) is 7. The number of methoxy groups -OCH3 is 1. The first kappa shape index (κ1) is 33.5. The van der Waals surface area contributed by atoms with E-state index in [1.165, 1.54) is 0 Å². The van der Waals surface area contributed by atoms with Crippen molar-refractivity contribution < 1.29 is 36.2 Å². The lowest BCUT2D eigenvalue weighted by Crippen LogP contribution is -2.65. The minimum atomic E-state index is -4.70. The summed E-state index contributed by atoms with van der Waals surface area (Å²) in [6, 6.07) is 3.51. The molecule has 1 unspecified atom stereocenters. The second-order valence-corrected chi connectivity index (χ2v) is 12.9. The first-order valence-corrected chi connectivity index (χ1v) is 15.9. The fraction of sp³-hybridized carbons (Fsp3) is 0.625. The molecule has 4 aliphatic rings. The van der Waals surface area contributed by atoms with Crippen molar-refractivity contribution in [2.75, 3.05) is 75.9 Å². The normalized spacial score (nSPS) is 23.0. The van der Waals surface area contributed by atoms with Crippen LogP contribution >= 0.6 is 0 Å². The van der Waals surface area contributed by atoms with E-state index >= 15 is 0 Å². The number of hydrogen-bond donors (Lipinski definition) is 0. The molecule has 0 radical (unpaired) electrons. The molecule has 4 aliphatic heterocycles. The topological polar surface area (TPSA) is 87.2 Å². The molecule has 2 aromatic heterocycles. The Balaban J connectivity index is 1.12. The number of aryl methyl sites for hydroxylation is 1. The predicted molar refractivity (Wildman–Crippen MR) is 164 cm³/mol. The van der Waals surface area contributed by atoms with Crippen molar-refractivity contribution in [3.8, 4) is 0 Å². The second kappa shape index (κ2) is 13.2. The van der Waals surface area contributed by atoms with Crippen molar-refractivity contribution in [1.29, 1.82) is 0 Å². The van der Waals surface area contributed by atoms with Crippen molar-refractivity contribution in [2.45, 2.75) is 62.9 Å². The molecular weight excluding hydrogens is 625 g/mol. The van der Waals surface area contributed by atoms with Gasteiger partial charge in [0.05, 0.1) is 18.9 Å². The third kappa shape index (κ3) is 6.79. The Kier molecular flexibility index (Phi) is 9.42. The maximum absolute atomic E-state index is 14.0. The Morgan fingerprint density at radius 3 is 2.32 bits per heavy atom. The van der Waals surface area contributed by atoms with Gasteiger partial charge in [-0.15, -0.1) is 0 Å². The van der Waals surface area contributed by atoms with Gasteiger partial charge in [-0.1, -0.05) is 0 Å². The van der Waals surface area contributed by atoms with Crippen molar-refractivity contribution in [1.82, 2.24) is 24.8 Å². The number of amides is 1. The molecule has 256 valence electrons. The summed E-state index contributed by atoms with van der Waals surface area (Å²) in [7, 11) is 1.66. The van der Waals surface area contributed by atoms with Crippen LogP contribution < -0.4 is 9.80 Å². The van der Waals surface area contributed by atoms with Gasteiger partial charge in [0.1, 0.15) is 11.6 Å². The van der Waals surface area contributed by atoms with Gasteiger partial charge in [0, 0.05) is 83.3 Å². The third-order valence-corrected chi connectivity index (χ3v) is 9.91. The van der Waals surface area contributed by atoms with Crippen LogP contribution in [0.5, 0.6) is 0 Å². The highest BCUT2D eigenvalue weighted by molar-refractivity contribution is 5.88. The van der Waals surface area contributed by atoms with Crippen LogP contribution in [0.3, 0.4) is 0 Å². The summed E-state index contributed by atoms with van der Waals surface area (Å²) in [6.45, 7) is 8.27. The Morgan fingerprint density at radius 1 is 1.06 bits per heavy atom. The van der Waals surface area contributed by atoms with Gasteiger partial charge < -0.3 is 24.2 Å². The van der Waals surface area contributed by atoms with Crippen molar-refractivity contribution >= 4 is 17.5 Å². The number of ether oxygens (including phenoxy) is 2. The molecular formula is C32H40F5N7O3. The second-order valence-electron chi connectivity index (χ2n) is 12.9. The summed E-state index contributed by atoms with van der Waals surface area (Å²) in [5.74, 6) is -0.957. The molecule has 0 spiro atoms. The highest BCUT2D eigenvalue weighted by Gasteiger charge is 2.45. The average Bonchev–Trinajstić information content (AvgIpc) is 2.99. The highest BCUT2D eigenvalue weighted by atomic mass is 19.4. The number of carbonyl (C=O) groups excluding carboxylic acids is 1. The Bertz CT molecular complexity index is 1470. The van der Waals surface area contributed by atoms with Crippen LogP contribution in [0.1, 0.15) is 48.3 Å². The lowest BCUT2D eigenvalue weighted by molar-refractivity contribution is -0.205. The molecule has 2 aromatic rings. The SMILES string of the molecule is COC1(c2nccc(C)c2C2CCN(c3cc(N4CC(N5CCN(C(=O)/C=C/C(F)F)C(C)C5)C4)nc(C(F)(F)F)n3)CC2)COC1. The molecule has 6 rings (SSSR count). The minimum absolute atomic E-state index is 0.0724. The minimum Gasteiger partial charge on any atom is -0.374 e. The van der Waals surface area contributed by atoms with E-state index in [0.29, 0.717) is 65.1 Å². The van der Waals surface area contributed by atoms with Crippen LogP contribution in [0.4, 0.5) is 33.6 Å². The molecule has 6 heterocycles. The van der Waals surface area contributed by atoms with Crippen molar-refractivity contribution in [3.05, 3.63) is 53.1 Å². The summed E-state index contributed by atoms with van der Waals surface area (Å²) >= 11 is 0. The molecule has 15 heteroatoms. The van der Waals surface area contributed by atoms with Gasteiger partial charge in [0.2, 0.25) is 11.7 Å². The van der Waals surface area contributed by atoms with Gasteiger partial charge in [-0.05, 0) is 55.9 Å². The molecule has 1 amide bonds. The Hall–Kier alpha value is -3.43. The number of piperidine rings is 1. The van der Waals surface area contributed by atoms with Crippen LogP contribution in [-0.2, 0) is 26.0 Å². The van der Waals surface area contributed by atoms with Crippen LogP contribution in [-0.4, -0.2) is 115 Å². The third-order valence-electron chi connectivity index (χ3n) is 9.91. The number of piperazine rings is 1. The van der Waals surface area contributed by atoms with E-state index in [9.17, 15) is 26.7 Å². The Labute approximate surface area is 270 Å². The fourth-order valence-corrected chi connectivity index (χ4v) is 7.13. The molecule has 0 aliphatic carbocycles. The molecule has 47 heavy (non-hydrogen) atoms. The highest BCUT2D eigenvalue weighted by Crippen LogP contribution is 2.41. The van der Waals surface area contributed by atoms with Crippen molar-refractivity contribution in [3.63, 3.8) is 0 Å². The van der Waals surface area contributed by atoms with Gasteiger partial charge in [-0.2, -0.15) is 13.2 Å². The van der Waals surface area contributed by atoms with Gasteiger partial charge in [-0.25, -0.2) is 18.7 Å². The van der Waals surface area contributed by atoms with Gasteiger partial charge in [0.15, 0.2) is 5.60 Å². The molecule has 0 N–H and O–H groups in total. The maximum Gasteiger partial charge on any atom is 0.451 e. The first-order valence-electron chi connectivity index (χ1n) is 15.9.